The Kier molecular flexibility index (Phi) is 2.34. The van der Waals surface area contributed by atoms with Crippen molar-refractivity contribution < 1.29 is 5.11 Å². The van der Waals surface area contributed by atoms with E-state index >= 15 is 0 Å². The van der Waals surface area contributed by atoms with Crippen LogP contribution in [0.4, 0.5) is 0 Å². The summed E-state index contributed by atoms with van der Waals surface area (Å²) in [6, 6.07) is 13.8. The van der Waals surface area contributed by atoms with Crippen molar-refractivity contribution >= 4 is 11.0 Å². The summed E-state index contributed by atoms with van der Waals surface area (Å²) in [5.41, 5.74) is 2.25. The highest BCUT2D eigenvalue weighted by molar-refractivity contribution is 5.76. The van der Waals surface area contributed by atoms with Gasteiger partial charge >= 0.3 is 0 Å². The lowest BCUT2D eigenvalue weighted by molar-refractivity contribution is 0.475. The molecule has 0 fully saturated rings. The molecule has 0 saturated heterocycles. The summed E-state index contributed by atoms with van der Waals surface area (Å²) in [5, 5.41) is 9.24. The van der Waals surface area contributed by atoms with E-state index in [1.807, 2.05) is 24.3 Å². The molecule has 88 valence electrons. The number of phenols is 1. The smallest absolute Gasteiger partial charge is 0.274 e. The van der Waals surface area contributed by atoms with E-state index in [1.165, 1.54) is 12.1 Å². The SMILES string of the molecule is O=c1[nH]c2ccccc2nc1-c1ccc(O)cc1. The largest absolute Gasteiger partial charge is 0.508 e. The van der Waals surface area contributed by atoms with E-state index in [2.05, 4.69) is 9.97 Å². The van der Waals surface area contributed by atoms with Gasteiger partial charge in [0.25, 0.3) is 5.56 Å². The fraction of sp³-hybridized carbons (Fsp3) is 0. The highest BCUT2D eigenvalue weighted by atomic mass is 16.3. The second kappa shape index (κ2) is 4.00. The predicted molar refractivity (Wildman–Crippen MR) is 69.5 cm³/mol. The molecule has 4 nitrogen and oxygen atoms in total. The molecule has 0 aliphatic heterocycles. The molecule has 0 bridgehead atoms. The lowest BCUT2D eigenvalue weighted by atomic mass is 10.1. The van der Waals surface area contributed by atoms with Crippen molar-refractivity contribution in [1.82, 2.24) is 9.97 Å². The van der Waals surface area contributed by atoms with E-state index < -0.39 is 0 Å². The normalized spacial score (nSPS) is 10.7. The number of fused-ring (bicyclic) bond motifs is 1. The second-order valence-corrected chi connectivity index (χ2v) is 3.98. The number of nitrogens with one attached hydrogen (secondary N) is 1. The molecule has 0 unspecified atom stereocenters. The zero-order valence-corrected chi connectivity index (χ0v) is 9.42. The van der Waals surface area contributed by atoms with Crippen molar-refractivity contribution in [3.8, 4) is 17.0 Å². The van der Waals surface area contributed by atoms with E-state index in [4.69, 9.17) is 0 Å². The molecule has 0 aliphatic carbocycles. The van der Waals surface area contributed by atoms with Crippen LogP contribution in [0, 0.1) is 0 Å². The maximum absolute atomic E-state index is 11.9. The molecule has 1 heterocycles. The molecule has 18 heavy (non-hydrogen) atoms. The Labute approximate surface area is 103 Å². The highest BCUT2D eigenvalue weighted by Gasteiger charge is 2.06. The van der Waals surface area contributed by atoms with Gasteiger partial charge in [0.2, 0.25) is 0 Å². The van der Waals surface area contributed by atoms with Gasteiger partial charge in [0, 0.05) is 5.56 Å². The number of hydrogen-bond acceptors (Lipinski definition) is 3. The summed E-state index contributed by atoms with van der Waals surface area (Å²) in [4.78, 5) is 19.1. The van der Waals surface area contributed by atoms with Gasteiger partial charge in [-0.25, -0.2) is 4.98 Å². The average molecular weight is 238 g/mol. The molecule has 1 aromatic heterocycles. The van der Waals surface area contributed by atoms with Crippen LogP contribution in [-0.2, 0) is 0 Å². The molecule has 2 N–H and O–H groups in total. The summed E-state index contributed by atoms with van der Waals surface area (Å²) in [6.07, 6.45) is 0. The molecule has 0 radical (unpaired) electrons. The first-order valence-electron chi connectivity index (χ1n) is 5.52. The first-order chi connectivity index (χ1) is 8.74. The maximum atomic E-state index is 11.9. The van der Waals surface area contributed by atoms with Gasteiger partial charge in [-0.05, 0) is 36.4 Å². The summed E-state index contributed by atoms with van der Waals surface area (Å²) in [6.45, 7) is 0. The lowest BCUT2D eigenvalue weighted by Crippen LogP contribution is -2.11. The number of benzene rings is 2. The third kappa shape index (κ3) is 1.73. The first-order valence-corrected chi connectivity index (χ1v) is 5.52. The molecule has 0 atom stereocenters. The summed E-state index contributed by atoms with van der Waals surface area (Å²) in [7, 11) is 0. The third-order valence-corrected chi connectivity index (χ3v) is 2.74. The summed E-state index contributed by atoms with van der Waals surface area (Å²) in [5.74, 6) is 0.163. The molecule has 0 aliphatic rings. The Bertz CT molecular complexity index is 761. The van der Waals surface area contributed by atoms with Crippen LogP contribution < -0.4 is 5.56 Å². The first kappa shape index (κ1) is 10.5. The minimum Gasteiger partial charge on any atom is -0.508 e. The Hall–Kier alpha value is -2.62. The van der Waals surface area contributed by atoms with Gasteiger partial charge in [-0.1, -0.05) is 12.1 Å². The summed E-state index contributed by atoms with van der Waals surface area (Å²) >= 11 is 0. The van der Waals surface area contributed by atoms with Crippen molar-refractivity contribution in [2.45, 2.75) is 0 Å². The van der Waals surface area contributed by atoms with Crippen LogP contribution in [0.2, 0.25) is 0 Å². The van der Waals surface area contributed by atoms with Crippen LogP contribution >= 0.6 is 0 Å². The minimum absolute atomic E-state index is 0.163. The van der Waals surface area contributed by atoms with E-state index in [0.29, 0.717) is 16.8 Å². The quantitative estimate of drug-likeness (QED) is 0.683. The minimum atomic E-state index is -0.237. The Morgan fingerprint density at radius 3 is 2.50 bits per heavy atom. The number of nitrogens with zero attached hydrogens (tertiary/aromatic N) is 1. The standard InChI is InChI=1S/C14H10N2O2/c17-10-7-5-9(6-8-10)13-14(18)16-12-4-2-1-3-11(12)15-13/h1-8,17H,(H,16,18). The van der Waals surface area contributed by atoms with Crippen molar-refractivity contribution in [3.05, 3.63) is 58.9 Å². The Morgan fingerprint density at radius 2 is 1.72 bits per heavy atom. The molecule has 3 aromatic rings. The van der Waals surface area contributed by atoms with E-state index in [9.17, 15) is 9.90 Å². The van der Waals surface area contributed by atoms with Gasteiger partial charge < -0.3 is 10.1 Å². The molecule has 3 rings (SSSR count). The van der Waals surface area contributed by atoms with Gasteiger partial charge in [0.15, 0.2) is 0 Å². The van der Waals surface area contributed by atoms with Gasteiger partial charge in [-0.2, -0.15) is 0 Å². The summed E-state index contributed by atoms with van der Waals surface area (Å²) < 4.78 is 0. The Balaban J connectivity index is 2.26. The van der Waals surface area contributed by atoms with Crippen LogP contribution in [0.3, 0.4) is 0 Å². The molecule has 2 aromatic carbocycles. The Morgan fingerprint density at radius 1 is 1.00 bits per heavy atom. The highest BCUT2D eigenvalue weighted by Crippen LogP contribution is 2.18. The predicted octanol–water partition coefficient (Wildman–Crippen LogP) is 2.30. The second-order valence-electron chi connectivity index (χ2n) is 3.98. The molecule has 4 heteroatoms. The van der Waals surface area contributed by atoms with E-state index in [0.717, 1.165) is 5.52 Å². The fourth-order valence-corrected chi connectivity index (χ4v) is 1.84. The number of rotatable bonds is 1. The van der Waals surface area contributed by atoms with Crippen LogP contribution in [0.1, 0.15) is 0 Å². The van der Waals surface area contributed by atoms with Gasteiger partial charge in [-0.15, -0.1) is 0 Å². The van der Waals surface area contributed by atoms with Crippen molar-refractivity contribution in [2.24, 2.45) is 0 Å². The third-order valence-electron chi connectivity index (χ3n) is 2.74. The average Bonchev–Trinajstić information content (AvgIpc) is 2.39. The zero-order chi connectivity index (χ0) is 12.5. The molecule has 0 amide bonds. The maximum Gasteiger partial charge on any atom is 0.274 e. The van der Waals surface area contributed by atoms with E-state index in [1.54, 1.807) is 12.1 Å². The topological polar surface area (TPSA) is 66.0 Å². The number of para-hydroxylation sites is 2. The van der Waals surface area contributed by atoms with Gasteiger partial charge in [0.1, 0.15) is 11.4 Å². The number of aromatic hydroxyl groups is 1. The van der Waals surface area contributed by atoms with Crippen LogP contribution in [0.5, 0.6) is 5.75 Å². The van der Waals surface area contributed by atoms with Gasteiger partial charge in [0.05, 0.1) is 11.0 Å². The van der Waals surface area contributed by atoms with Crippen molar-refractivity contribution in [1.29, 1.82) is 0 Å². The molecule has 0 saturated carbocycles. The van der Waals surface area contributed by atoms with Crippen molar-refractivity contribution in [3.63, 3.8) is 0 Å². The molecular weight excluding hydrogens is 228 g/mol. The zero-order valence-electron chi connectivity index (χ0n) is 9.42. The van der Waals surface area contributed by atoms with Gasteiger partial charge in [-0.3, -0.25) is 4.79 Å². The van der Waals surface area contributed by atoms with Crippen LogP contribution in [0.15, 0.2) is 53.3 Å². The lowest BCUT2D eigenvalue weighted by Gasteiger charge is -2.02. The van der Waals surface area contributed by atoms with Crippen LogP contribution in [-0.4, -0.2) is 15.1 Å². The number of H-pyrrole nitrogens is 1. The van der Waals surface area contributed by atoms with E-state index in [-0.39, 0.29) is 11.3 Å². The number of hydrogen-bond donors (Lipinski definition) is 2. The monoisotopic (exact) mass is 238 g/mol. The number of aromatic amines is 1. The molecule has 0 spiro atoms. The number of phenolic OH excluding ortho intramolecular Hbond substituents is 1. The van der Waals surface area contributed by atoms with Crippen LogP contribution in [0.25, 0.3) is 22.3 Å². The van der Waals surface area contributed by atoms with Crippen molar-refractivity contribution in [2.75, 3.05) is 0 Å². The molecular formula is C14H10N2O2. The number of aromatic nitrogens is 2. The fourth-order valence-electron chi connectivity index (χ4n) is 1.84.